The Morgan fingerprint density at radius 3 is 2.52 bits per heavy atom. The van der Waals surface area contributed by atoms with Crippen molar-refractivity contribution in [1.29, 1.82) is 0 Å². The van der Waals surface area contributed by atoms with Crippen LogP contribution in [-0.2, 0) is 9.59 Å². The number of aryl methyl sites for hydroxylation is 2. The van der Waals surface area contributed by atoms with E-state index in [1.807, 2.05) is 44.2 Å². The molecule has 1 unspecified atom stereocenters. The molecular formula is C20H24N2O3. The summed E-state index contributed by atoms with van der Waals surface area (Å²) in [4.78, 5) is 23.9. The summed E-state index contributed by atoms with van der Waals surface area (Å²) in [6.45, 7) is 7.36. The predicted molar refractivity (Wildman–Crippen MR) is 100.0 cm³/mol. The Morgan fingerprint density at radius 2 is 1.84 bits per heavy atom. The number of carbonyl (C=O) groups excluding carboxylic acids is 2. The van der Waals surface area contributed by atoms with Gasteiger partial charge in [-0.3, -0.25) is 9.59 Å². The third-order valence-corrected chi connectivity index (χ3v) is 3.77. The van der Waals surface area contributed by atoms with E-state index in [4.69, 9.17) is 4.74 Å². The average molecular weight is 340 g/mol. The summed E-state index contributed by atoms with van der Waals surface area (Å²) in [6.07, 6.45) is -0.242. The van der Waals surface area contributed by atoms with Gasteiger partial charge in [-0.05, 0) is 56.2 Å². The first kappa shape index (κ1) is 18.5. The maximum Gasteiger partial charge on any atom is 0.265 e. The summed E-state index contributed by atoms with van der Waals surface area (Å²) in [5, 5.41) is 5.65. The number of benzene rings is 2. The Bertz CT molecular complexity index is 771. The molecule has 0 radical (unpaired) electrons. The van der Waals surface area contributed by atoms with Crippen LogP contribution < -0.4 is 15.4 Å². The maximum atomic E-state index is 12.4. The smallest absolute Gasteiger partial charge is 0.265 e. The zero-order valence-corrected chi connectivity index (χ0v) is 15.1. The van der Waals surface area contributed by atoms with Crippen LogP contribution in [0.4, 0.5) is 11.4 Å². The van der Waals surface area contributed by atoms with Crippen molar-refractivity contribution in [3.8, 4) is 5.75 Å². The summed E-state index contributed by atoms with van der Waals surface area (Å²) in [6, 6.07) is 13.0. The number of hydrogen-bond donors (Lipinski definition) is 2. The second-order valence-electron chi connectivity index (χ2n) is 6.00. The van der Waals surface area contributed by atoms with Gasteiger partial charge in [0.05, 0.1) is 0 Å². The molecule has 0 heterocycles. The van der Waals surface area contributed by atoms with E-state index in [9.17, 15) is 9.59 Å². The molecule has 1 atom stereocenters. The molecule has 0 bridgehead atoms. The van der Waals surface area contributed by atoms with Crippen LogP contribution in [0.5, 0.6) is 5.75 Å². The van der Waals surface area contributed by atoms with Crippen LogP contribution in [0.15, 0.2) is 42.5 Å². The molecule has 5 heteroatoms. The number of nitrogens with one attached hydrogen (secondary N) is 2. The molecule has 0 aromatic heterocycles. The minimum Gasteiger partial charge on any atom is -0.481 e. The highest BCUT2D eigenvalue weighted by atomic mass is 16.5. The second-order valence-corrected chi connectivity index (χ2v) is 6.00. The van der Waals surface area contributed by atoms with Gasteiger partial charge in [0.25, 0.3) is 5.91 Å². The van der Waals surface area contributed by atoms with Crippen LogP contribution in [0.25, 0.3) is 0 Å². The summed E-state index contributed by atoms with van der Waals surface area (Å²) in [7, 11) is 0. The van der Waals surface area contributed by atoms with Crippen molar-refractivity contribution in [2.75, 3.05) is 10.6 Å². The van der Waals surface area contributed by atoms with E-state index >= 15 is 0 Å². The lowest BCUT2D eigenvalue weighted by atomic mass is 10.1. The molecule has 0 saturated heterocycles. The van der Waals surface area contributed by atoms with Gasteiger partial charge < -0.3 is 15.4 Å². The van der Waals surface area contributed by atoms with Crippen molar-refractivity contribution in [3.63, 3.8) is 0 Å². The molecule has 2 rings (SSSR count). The van der Waals surface area contributed by atoms with E-state index in [1.54, 1.807) is 26.0 Å². The lowest BCUT2D eigenvalue weighted by Crippen LogP contribution is -2.30. The molecule has 2 aromatic carbocycles. The van der Waals surface area contributed by atoms with E-state index in [0.29, 0.717) is 23.5 Å². The summed E-state index contributed by atoms with van der Waals surface area (Å²) in [5.74, 6) is 0.336. The molecule has 0 fully saturated rings. The normalized spacial score (nSPS) is 11.5. The molecular weight excluding hydrogens is 316 g/mol. The Kier molecular flexibility index (Phi) is 6.17. The number of rotatable bonds is 6. The third-order valence-electron chi connectivity index (χ3n) is 3.77. The third kappa shape index (κ3) is 5.35. The van der Waals surface area contributed by atoms with Crippen molar-refractivity contribution < 1.29 is 14.3 Å². The molecule has 0 spiro atoms. The topological polar surface area (TPSA) is 67.4 Å². The number of anilines is 2. The van der Waals surface area contributed by atoms with E-state index in [0.717, 1.165) is 11.1 Å². The molecule has 0 saturated carbocycles. The van der Waals surface area contributed by atoms with E-state index in [1.165, 1.54) is 0 Å². The Balaban J connectivity index is 2.04. The number of hydrogen-bond acceptors (Lipinski definition) is 3. The van der Waals surface area contributed by atoms with Gasteiger partial charge in [-0.2, -0.15) is 0 Å². The van der Waals surface area contributed by atoms with Crippen molar-refractivity contribution in [2.24, 2.45) is 0 Å². The standard InChI is InChI=1S/C20H24N2O3/c1-5-19(23)22-18-12-16(10-9-14(18)3)21-20(24)15(4)25-17-8-6-7-13(2)11-17/h6-12,15H,5H2,1-4H3,(H,21,24)(H,22,23). The lowest BCUT2D eigenvalue weighted by Gasteiger charge is -2.16. The van der Waals surface area contributed by atoms with Crippen LogP contribution in [0, 0.1) is 13.8 Å². The fraction of sp³-hybridized carbons (Fsp3) is 0.300. The van der Waals surface area contributed by atoms with Gasteiger partial charge in [-0.1, -0.05) is 25.1 Å². The zero-order chi connectivity index (χ0) is 18.4. The molecule has 0 aliphatic heterocycles. The first-order valence-electron chi connectivity index (χ1n) is 8.33. The van der Waals surface area contributed by atoms with Gasteiger partial charge in [0.2, 0.25) is 5.91 Å². The van der Waals surface area contributed by atoms with Crippen molar-refractivity contribution in [1.82, 2.24) is 0 Å². The fourth-order valence-corrected chi connectivity index (χ4v) is 2.26. The Labute approximate surface area is 148 Å². The van der Waals surface area contributed by atoms with Gasteiger partial charge in [-0.25, -0.2) is 0 Å². The van der Waals surface area contributed by atoms with Crippen molar-refractivity contribution in [2.45, 2.75) is 40.2 Å². The maximum absolute atomic E-state index is 12.4. The van der Waals surface area contributed by atoms with Gasteiger partial charge >= 0.3 is 0 Å². The molecule has 2 amide bonds. The number of ether oxygens (including phenoxy) is 1. The largest absolute Gasteiger partial charge is 0.481 e. The molecule has 5 nitrogen and oxygen atoms in total. The molecule has 0 aliphatic carbocycles. The van der Waals surface area contributed by atoms with Crippen LogP contribution >= 0.6 is 0 Å². The highest BCUT2D eigenvalue weighted by Gasteiger charge is 2.15. The summed E-state index contributed by atoms with van der Waals surface area (Å²) >= 11 is 0. The summed E-state index contributed by atoms with van der Waals surface area (Å²) < 4.78 is 5.68. The molecule has 2 aromatic rings. The highest BCUT2D eigenvalue weighted by Crippen LogP contribution is 2.21. The first-order chi connectivity index (χ1) is 11.9. The predicted octanol–water partition coefficient (Wildman–Crippen LogP) is 4.06. The fourth-order valence-electron chi connectivity index (χ4n) is 2.26. The summed E-state index contributed by atoms with van der Waals surface area (Å²) in [5.41, 5.74) is 3.31. The number of carbonyl (C=O) groups is 2. The lowest BCUT2D eigenvalue weighted by molar-refractivity contribution is -0.122. The van der Waals surface area contributed by atoms with E-state index in [2.05, 4.69) is 10.6 Å². The zero-order valence-electron chi connectivity index (χ0n) is 15.1. The molecule has 25 heavy (non-hydrogen) atoms. The Hall–Kier alpha value is -2.82. The molecule has 2 N–H and O–H groups in total. The first-order valence-corrected chi connectivity index (χ1v) is 8.33. The Morgan fingerprint density at radius 1 is 1.08 bits per heavy atom. The second kappa shape index (κ2) is 8.33. The molecule has 0 aliphatic rings. The van der Waals surface area contributed by atoms with Crippen LogP contribution in [-0.4, -0.2) is 17.9 Å². The van der Waals surface area contributed by atoms with Gasteiger partial charge in [0.1, 0.15) is 5.75 Å². The average Bonchev–Trinajstić information content (AvgIpc) is 2.57. The van der Waals surface area contributed by atoms with Gasteiger partial charge in [-0.15, -0.1) is 0 Å². The van der Waals surface area contributed by atoms with Crippen molar-refractivity contribution >= 4 is 23.2 Å². The minimum absolute atomic E-state index is 0.0669. The van der Waals surface area contributed by atoms with E-state index in [-0.39, 0.29) is 11.8 Å². The number of amides is 2. The van der Waals surface area contributed by atoms with Crippen LogP contribution in [0.3, 0.4) is 0 Å². The highest BCUT2D eigenvalue weighted by molar-refractivity contribution is 5.96. The van der Waals surface area contributed by atoms with Gasteiger partial charge in [0, 0.05) is 17.8 Å². The minimum atomic E-state index is -0.642. The van der Waals surface area contributed by atoms with E-state index < -0.39 is 6.10 Å². The monoisotopic (exact) mass is 340 g/mol. The SMILES string of the molecule is CCC(=O)Nc1cc(NC(=O)C(C)Oc2cccc(C)c2)ccc1C. The van der Waals surface area contributed by atoms with Gasteiger partial charge in [0.15, 0.2) is 6.10 Å². The molecule has 132 valence electrons. The van der Waals surface area contributed by atoms with Crippen LogP contribution in [0.1, 0.15) is 31.4 Å². The van der Waals surface area contributed by atoms with Crippen LogP contribution in [0.2, 0.25) is 0 Å². The quantitative estimate of drug-likeness (QED) is 0.833. The van der Waals surface area contributed by atoms with Crippen molar-refractivity contribution in [3.05, 3.63) is 53.6 Å².